The molecule has 0 aliphatic rings. The molecule has 0 aliphatic carbocycles. The number of nitrogens with zero attached hydrogens (tertiary/aromatic N) is 6. The summed E-state index contributed by atoms with van der Waals surface area (Å²) in [4.78, 5) is 11.0. The fraction of sp³-hybridized carbons (Fsp3) is 0.478. The molecular weight excluding hydrogens is 517 g/mol. The van der Waals surface area contributed by atoms with Crippen molar-refractivity contribution in [3.8, 4) is 11.5 Å². The molecule has 0 unspecified atom stereocenters. The lowest BCUT2D eigenvalue weighted by atomic mass is 10.1. The van der Waals surface area contributed by atoms with Crippen molar-refractivity contribution in [2.24, 2.45) is 12.0 Å². The number of aliphatic imine (C=N–C) groups is 1. The van der Waals surface area contributed by atoms with E-state index in [1.165, 1.54) is 5.56 Å². The number of aromatic nitrogens is 4. The normalized spacial score (nSPS) is 11.5. The van der Waals surface area contributed by atoms with Gasteiger partial charge in [0.1, 0.15) is 0 Å². The molecule has 0 amide bonds. The highest BCUT2D eigenvalue weighted by Crippen LogP contribution is 2.20. The topological polar surface area (TPSA) is 84.4 Å². The van der Waals surface area contributed by atoms with E-state index in [0.29, 0.717) is 18.4 Å². The minimum atomic E-state index is 0. The highest BCUT2D eigenvalue weighted by molar-refractivity contribution is 14.0. The Morgan fingerprint density at radius 1 is 1.31 bits per heavy atom. The van der Waals surface area contributed by atoms with E-state index in [9.17, 15) is 0 Å². The van der Waals surface area contributed by atoms with Crippen LogP contribution in [0.1, 0.15) is 55.8 Å². The molecule has 32 heavy (non-hydrogen) atoms. The standard InChI is InChI=1S/C23H33N7O.HI/c1-7-9-20-26-22(31-28-20)18-11-8-10-17(12-18)13-25-23(24-4)29(5)14-19-15-30(6)27-21(19)16(2)3;/h8,10-12,15-16H,7,9,13-14H2,1-6H3,(H,24,25);1H. The van der Waals surface area contributed by atoms with Gasteiger partial charge in [-0.2, -0.15) is 10.1 Å². The second-order valence-corrected chi connectivity index (χ2v) is 8.09. The van der Waals surface area contributed by atoms with Gasteiger partial charge in [-0.3, -0.25) is 9.67 Å². The summed E-state index contributed by atoms with van der Waals surface area (Å²) in [6.45, 7) is 7.82. The van der Waals surface area contributed by atoms with Gasteiger partial charge in [-0.05, 0) is 30.0 Å². The maximum absolute atomic E-state index is 5.42. The van der Waals surface area contributed by atoms with Crippen molar-refractivity contribution in [2.75, 3.05) is 14.1 Å². The molecule has 0 saturated carbocycles. The van der Waals surface area contributed by atoms with Gasteiger partial charge >= 0.3 is 0 Å². The van der Waals surface area contributed by atoms with Crippen molar-refractivity contribution >= 4 is 29.9 Å². The average molecular weight is 551 g/mol. The van der Waals surface area contributed by atoms with Crippen molar-refractivity contribution in [1.82, 2.24) is 30.1 Å². The van der Waals surface area contributed by atoms with Crippen molar-refractivity contribution in [1.29, 1.82) is 0 Å². The summed E-state index contributed by atoms with van der Waals surface area (Å²) in [6, 6.07) is 8.14. The monoisotopic (exact) mass is 551 g/mol. The molecule has 0 atom stereocenters. The SMILES string of the molecule is CCCc1noc(-c2cccc(CNC(=NC)N(C)Cc3cn(C)nc3C(C)C)c2)n1.I. The minimum Gasteiger partial charge on any atom is -0.352 e. The Balaban J connectivity index is 0.00000363. The van der Waals surface area contributed by atoms with Crippen LogP contribution in [0.3, 0.4) is 0 Å². The van der Waals surface area contributed by atoms with Crippen molar-refractivity contribution in [3.05, 3.63) is 53.1 Å². The molecular formula is C23H34IN7O. The lowest BCUT2D eigenvalue weighted by Crippen LogP contribution is -2.38. The quantitative estimate of drug-likeness (QED) is 0.254. The number of nitrogens with one attached hydrogen (secondary N) is 1. The molecule has 3 aromatic rings. The van der Waals surface area contributed by atoms with Gasteiger partial charge in [0.25, 0.3) is 5.89 Å². The fourth-order valence-electron chi connectivity index (χ4n) is 3.57. The number of guanidine groups is 1. The van der Waals surface area contributed by atoms with Gasteiger partial charge in [0, 0.05) is 58.0 Å². The first-order valence-corrected chi connectivity index (χ1v) is 10.8. The van der Waals surface area contributed by atoms with Crippen LogP contribution in [0.5, 0.6) is 0 Å². The lowest BCUT2D eigenvalue weighted by molar-refractivity contribution is 0.422. The first-order chi connectivity index (χ1) is 14.9. The second-order valence-electron chi connectivity index (χ2n) is 8.09. The van der Waals surface area contributed by atoms with Crippen LogP contribution >= 0.6 is 24.0 Å². The number of halogens is 1. The predicted molar refractivity (Wildman–Crippen MR) is 138 cm³/mol. The Labute approximate surface area is 207 Å². The third kappa shape index (κ3) is 6.54. The Morgan fingerprint density at radius 3 is 2.78 bits per heavy atom. The van der Waals surface area contributed by atoms with Crippen LogP contribution in [0.25, 0.3) is 11.5 Å². The van der Waals surface area contributed by atoms with Crippen molar-refractivity contribution < 1.29 is 4.52 Å². The zero-order valence-corrected chi connectivity index (χ0v) is 22.1. The largest absolute Gasteiger partial charge is 0.352 e. The Bertz CT molecular complexity index is 1030. The molecule has 9 heteroatoms. The highest BCUT2D eigenvalue weighted by Gasteiger charge is 2.15. The molecule has 3 rings (SSSR count). The Kier molecular flexibility index (Phi) is 9.67. The van der Waals surface area contributed by atoms with Crippen LogP contribution < -0.4 is 5.32 Å². The van der Waals surface area contributed by atoms with Crippen LogP contribution in [0.4, 0.5) is 0 Å². The zero-order valence-electron chi connectivity index (χ0n) is 19.8. The second kappa shape index (κ2) is 12.0. The number of hydrogen-bond donors (Lipinski definition) is 1. The number of rotatable bonds is 8. The summed E-state index contributed by atoms with van der Waals surface area (Å²) >= 11 is 0. The highest BCUT2D eigenvalue weighted by atomic mass is 127. The van der Waals surface area contributed by atoms with Crippen molar-refractivity contribution in [2.45, 2.75) is 52.6 Å². The van der Waals surface area contributed by atoms with Crippen LogP contribution in [0.15, 0.2) is 40.0 Å². The van der Waals surface area contributed by atoms with Gasteiger partial charge in [0.2, 0.25) is 0 Å². The van der Waals surface area contributed by atoms with Gasteiger partial charge in [-0.1, -0.05) is 38.1 Å². The molecule has 2 heterocycles. The van der Waals surface area contributed by atoms with E-state index in [4.69, 9.17) is 4.52 Å². The summed E-state index contributed by atoms with van der Waals surface area (Å²) in [6.07, 6.45) is 3.90. The van der Waals surface area contributed by atoms with Crippen LogP contribution in [0, 0.1) is 0 Å². The van der Waals surface area contributed by atoms with E-state index >= 15 is 0 Å². The molecule has 1 N–H and O–H groups in total. The van der Waals surface area contributed by atoms with Crippen LogP contribution in [0.2, 0.25) is 0 Å². The molecule has 0 radical (unpaired) electrons. The van der Waals surface area contributed by atoms with E-state index in [-0.39, 0.29) is 24.0 Å². The summed E-state index contributed by atoms with van der Waals surface area (Å²) in [5.41, 5.74) is 4.38. The molecule has 0 saturated heterocycles. The van der Waals surface area contributed by atoms with Crippen molar-refractivity contribution in [3.63, 3.8) is 0 Å². The third-order valence-electron chi connectivity index (χ3n) is 5.03. The van der Waals surface area contributed by atoms with Gasteiger partial charge in [-0.15, -0.1) is 24.0 Å². The lowest BCUT2D eigenvalue weighted by Gasteiger charge is -2.22. The summed E-state index contributed by atoms with van der Waals surface area (Å²) in [5, 5.41) is 12.1. The Morgan fingerprint density at radius 2 is 2.09 bits per heavy atom. The maximum atomic E-state index is 5.42. The van der Waals surface area contributed by atoms with Crippen LogP contribution in [-0.4, -0.2) is 44.9 Å². The molecule has 2 aromatic heterocycles. The number of benzene rings is 1. The van der Waals surface area contributed by atoms with Gasteiger partial charge in [-0.25, -0.2) is 0 Å². The molecule has 174 valence electrons. The van der Waals surface area contributed by atoms with Gasteiger partial charge in [0.05, 0.1) is 5.69 Å². The van der Waals surface area contributed by atoms with E-state index in [2.05, 4.69) is 69.5 Å². The molecule has 0 spiro atoms. The van der Waals surface area contributed by atoms with E-state index in [1.54, 1.807) is 7.05 Å². The average Bonchev–Trinajstić information content (AvgIpc) is 3.35. The third-order valence-corrected chi connectivity index (χ3v) is 5.03. The predicted octanol–water partition coefficient (Wildman–Crippen LogP) is 4.37. The molecule has 0 fully saturated rings. The first kappa shape index (κ1) is 25.8. The van der Waals surface area contributed by atoms with E-state index < -0.39 is 0 Å². The molecule has 1 aromatic carbocycles. The van der Waals surface area contributed by atoms with Gasteiger partial charge < -0.3 is 14.7 Å². The molecule has 8 nitrogen and oxygen atoms in total. The van der Waals surface area contributed by atoms with Crippen LogP contribution in [-0.2, 0) is 26.6 Å². The van der Waals surface area contributed by atoms with Gasteiger partial charge in [0.15, 0.2) is 11.8 Å². The van der Waals surface area contributed by atoms with E-state index in [0.717, 1.165) is 48.0 Å². The smallest absolute Gasteiger partial charge is 0.257 e. The minimum absolute atomic E-state index is 0. The first-order valence-electron chi connectivity index (χ1n) is 10.8. The molecule has 0 bridgehead atoms. The maximum Gasteiger partial charge on any atom is 0.257 e. The summed E-state index contributed by atoms with van der Waals surface area (Å²) in [7, 11) is 5.80. The molecule has 0 aliphatic heterocycles. The Hall–Kier alpha value is -2.43. The summed E-state index contributed by atoms with van der Waals surface area (Å²) in [5.74, 6) is 2.51. The fourth-order valence-corrected chi connectivity index (χ4v) is 3.57. The number of aryl methyl sites for hydroxylation is 2. The summed E-state index contributed by atoms with van der Waals surface area (Å²) < 4.78 is 7.30. The number of hydrogen-bond acceptors (Lipinski definition) is 5. The van der Waals surface area contributed by atoms with E-state index in [1.807, 2.05) is 30.9 Å². The zero-order chi connectivity index (χ0) is 22.4.